The van der Waals surface area contributed by atoms with Crippen LogP contribution < -0.4 is 10.2 Å². The van der Waals surface area contributed by atoms with E-state index in [9.17, 15) is 4.79 Å². The Morgan fingerprint density at radius 1 is 1.26 bits per heavy atom. The van der Waals surface area contributed by atoms with Gasteiger partial charge in [0.25, 0.3) is 5.91 Å². The van der Waals surface area contributed by atoms with Gasteiger partial charge in [0.1, 0.15) is 5.82 Å². The molecule has 0 bridgehead atoms. The minimum absolute atomic E-state index is 0.148. The first kappa shape index (κ1) is 12.1. The average molecular weight is 274 g/mol. The molecule has 0 aromatic carbocycles. The lowest BCUT2D eigenvalue weighted by atomic mass is 10.2. The molecule has 1 amide bonds. The molecule has 0 unspecified atom stereocenters. The molecule has 0 saturated carbocycles. The van der Waals surface area contributed by atoms with Crippen LogP contribution in [0.4, 0.5) is 10.9 Å². The molecule has 3 heterocycles. The second-order valence-corrected chi connectivity index (χ2v) is 5.25. The number of amides is 1. The van der Waals surface area contributed by atoms with Crippen molar-refractivity contribution in [1.29, 1.82) is 0 Å². The Kier molecular flexibility index (Phi) is 3.41. The Morgan fingerprint density at radius 3 is 2.84 bits per heavy atom. The number of hydrogen-bond acceptors (Lipinski definition) is 5. The Labute approximate surface area is 115 Å². The molecule has 1 aliphatic heterocycles. The van der Waals surface area contributed by atoms with Gasteiger partial charge in [0.05, 0.1) is 5.56 Å². The highest BCUT2D eigenvalue weighted by Crippen LogP contribution is 2.23. The molecule has 98 valence electrons. The molecule has 1 saturated heterocycles. The molecule has 0 spiro atoms. The minimum atomic E-state index is -0.148. The molecule has 6 heteroatoms. The van der Waals surface area contributed by atoms with Gasteiger partial charge >= 0.3 is 0 Å². The number of aromatic nitrogens is 2. The SMILES string of the molecule is O=C(Nc1nccs1)c1cccnc1N1CCCC1. The van der Waals surface area contributed by atoms with Crippen molar-refractivity contribution in [3.8, 4) is 0 Å². The third-order valence-corrected chi connectivity index (χ3v) is 3.78. The zero-order valence-electron chi connectivity index (χ0n) is 10.4. The van der Waals surface area contributed by atoms with Crippen LogP contribution in [0.3, 0.4) is 0 Å². The van der Waals surface area contributed by atoms with Crippen LogP contribution >= 0.6 is 11.3 Å². The minimum Gasteiger partial charge on any atom is -0.356 e. The molecule has 1 aliphatic rings. The molecule has 0 radical (unpaired) electrons. The van der Waals surface area contributed by atoms with E-state index in [2.05, 4.69) is 20.2 Å². The maximum Gasteiger partial charge on any atom is 0.261 e. The Bertz CT molecular complexity index is 564. The third-order valence-electron chi connectivity index (χ3n) is 3.09. The van der Waals surface area contributed by atoms with Gasteiger partial charge in [-0.3, -0.25) is 10.1 Å². The van der Waals surface area contributed by atoms with Crippen LogP contribution in [0.5, 0.6) is 0 Å². The summed E-state index contributed by atoms with van der Waals surface area (Å²) in [4.78, 5) is 22.9. The third kappa shape index (κ3) is 2.58. The summed E-state index contributed by atoms with van der Waals surface area (Å²) in [6, 6.07) is 3.60. The number of carbonyl (C=O) groups is 1. The van der Waals surface area contributed by atoms with Crippen LogP contribution in [0.25, 0.3) is 0 Å². The number of thiazole rings is 1. The number of pyridine rings is 1. The largest absolute Gasteiger partial charge is 0.356 e. The van der Waals surface area contributed by atoms with E-state index in [0.717, 1.165) is 31.7 Å². The standard InChI is InChI=1S/C13H14N4OS/c18-12(16-13-15-6-9-19-13)10-4-3-5-14-11(10)17-7-1-2-8-17/h3-6,9H,1-2,7-8H2,(H,15,16,18). The fraction of sp³-hybridized carbons (Fsp3) is 0.308. The topological polar surface area (TPSA) is 58.1 Å². The second kappa shape index (κ2) is 5.36. The summed E-state index contributed by atoms with van der Waals surface area (Å²) in [5.74, 6) is 0.624. The Morgan fingerprint density at radius 2 is 2.11 bits per heavy atom. The van der Waals surface area contributed by atoms with Crippen LogP contribution in [0.15, 0.2) is 29.9 Å². The van der Waals surface area contributed by atoms with Crippen molar-refractivity contribution in [1.82, 2.24) is 9.97 Å². The van der Waals surface area contributed by atoms with E-state index in [1.54, 1.807) is 18.5 Å². The molecule has 2 aromatic rings. The van der Waals surface area contributed by atoms with Gasteiger partial charge < -0.3 is 4.90 Å². The molecule has 2 aromatic heterocycles. The van der Waals surface area contributed by atoms with Crippen LogP contribution in [0.2, 0.25) is 0 Å². The van der Waals surface area contributed by atoms with Crippen LogP contribution in [-0.4, -0.2) is 29.0 Å². The maximum atomic E-state index is 12.3. The van der Waals surface area contributed by atoms with Crippen molar-refractivity contribution in [3.05, 3.63) is 35.5 Å². The van der Waals surface area contributed by atoms with E-state index < -0.39 is 0 Å². The lowest BCUT2D eigenvalue weighted by Gasteiger charge is -2.18. The first-order valence-electron chi connectivity index (χ1n) is 6.25. The molecule has 1 fully saturated rings. The number of hydrogen-bond donors (Lipinski definition) is 1. The number of nitrogens with one attached hydrogen (secondary N) is 1. The Hall–Kier alpha value is -1.95. The van der Waals surface area contributed by atoms with E-state index in [4.69, 9.17) is 0 Å². The maximum absolute atomic E-state index is 12.3. The van der Waals surface area contributed by atoms with Crippen molar-refractivity contribution in [2.75, 3.05) is 23.3 Å². The van der Waals surface area contributed by atoms with E-state index in [-0.39, 0.29) is 5.91 Å². The molecular formula is C13H14N4OS. The van der Waals surface area contributed by atoms with Gasteiger partial charge in [0, 0.05) is 30.9 Å². The summed E-state index contributed by atoms with van der Waals surface area (Å²) in [6.45, 7) is 1.93. The highest BCUT2D eigenvalue weighted by atomic mass is 32.1. The normalized spacial score (nSPS) is 14.6. The van der Waals surface area contributed by atoms with Gasteiger partial charge in [-0.15, -0.1) is 11.3 Å². The lowest BCUT2D eigenvalue weighted by molar-refractivity contribution is 0.102. The number of rotatable bonds is 3. The summed E-state index contributed by atoms with van der Waals surface area (Å²) >= 11 is 1.41. The highest BCUT2D eigenvalue weighted by molar-refractivity contribution is 7.13. The molecule has 19 heavy (non-hydrogen) atoms. The second-order valence-electron chi connectivity index (χ2n) is 4.36. The number of nitrogens with zero attached hydrogens (tertiary/aromatic N) is 3. The van der Waals surface area contributed by atoms with Gasteiger partial charge in [0.15, 0.2) is 5.13 Å². The molecule has 0 atom stereocenters. The first-order chi connectivity index (χ1) is 9.34. The predicted molar refractivity (Wildman–Crippen MR) is 75.8 cm³/mol. The summed E-state index contributed by atoms with van der Waals surface area (Å²) in [5.41, 5.74) is 0.611. The van der Waals surface area contributed by atoms with Gasteiger partial charge in [-0.25, -0.2) is 9.97 Å². The first-order valence-corrected chi connectivity index (χ1v) is 7.13. The van der Waals surface area contributed by atoms with Crippen molar-refractivity contribution >= 4 is 28.2 Å². The summed E-state index contributed by atoms with van der Waals surface area (Å²) in [7, 11) is 0. The quantitative estimate of drug-likeness (QED) is 0.933. The fourth-order valence-corrected chi connectivity index (χ4v) is 2.73. The van der Waals surface area contributed by atoms with Crippen molar-refractivity contribution in [2.45, 2.75) is 12.8 Å². The van der Waals surface area contributed by atoms with Gasteiger partial charge in [-0.05, 0) is 25.0 Å². The number of carbonyl (C=O) groups excluding carboxylic acids is 1. The average Bonchev–Trinajstić information content (AvgIpc) is 3.11. The van der Waals surface area contributed by atoms with Crippen LogP contribution in [-0.2, 0) is 0 Å². The smallest absolute Gasteiger partial charge is 0.261 e. The monoisotopic (exact) mass is 274 g/mol. The predicted octanol–water partition coefficient (Wildman–Crippen LogP) is 2.39. The van der Waals surface area contributed by atoms with Gasteiger partial charge in [-0.2, -0.15) is 0 Å². The summed E-state index contributed by atoms with van der Waals surface area (Å²) in [6.07, 6.45) is 5.72. The van der Waals surface area contributed by atoms with Crippen molar-refractivity contribution in [2.24, 2.45) is 0 Å². The van der Waals surface area contributed by atoms with Crippen LogP contribution in [0, 0.1) is 0 Å². The van der Waals surface area contributed by atoms with E-state index >= 15 is 0 Å². The molecule has 3 rings (SSSR count). The van der Waals surface area contributed by atoms with Gasteiger partial charge in [-0.1, -0.05) is 0 Å². The van der Waals surface area contributed by atoms with E-state index in [1.807, 2.05) is 11.4 Å². The van der Waals surface area contributed by atoms with Gasteiger partial charge in [0.2, 0.25) is 0 Å². The Balaban J connectivity index is 1.85. The highest BCUT2D eigenvalue weighted by Gasteiger charge is 2.20. The zero-order chi connectivity index (χ0) is 13.1. The summed E-state index contributed by atoms with van der Waals surface area (Å²) < 4.78 is 0. The summed E-state index contributed by atoms with van der Waals surface area (Å²) in [5, 5.41) is 5.25. The zero-order valence-corrected chi connectivity index (χ0v) is 11.2. The molecule has 5 nitrogen and oxygen atoms in total. The molecular weight excluding hydrogens is 260 g/mol. The van der Waals surface area contributed by atoms with E-state index in [1.165, 1.54) is 11.3 Å². The fourth-order valence-electron chi connectivity index (χ4n) is 2.20. The lowest BCUT2D eigenvalue weighted by Crippen LogP contribution is -2.24. The molecule has 0 aliphatic carbocycles. The van der Waals surface area contributed by atoms with Crippen molar-refractivity contribution in [3.63, 3.8) is 0 Å². The van der Waals surface area contributed by atoms with E-state index in [0.29, 0.717) is 10.7 Å². The van der Waals surface area contributed by atoms with Crippen molar-refractivity contribution < 1.29 is 4.79 Å². The van der Waals surface area contributed by atoms with Crippen LogP contribution in [0.1, 0.15) is 23.2 Å². The molecule has 1 N–H and O–H groups in total. The number of anilines is 2.